The maximum atomic E-state index is 10.6. The highest BCUT2D eigenvalue weighted by atomic mass is 16.5. The summed E-state index contributed by atoms with van der Waals surface area (Å²) in [6.07, 6.45) is 9.55. The van der Waals surface area contributed by atoms with Crippen LogP contribution in [-0.4, -0.2) is 11.2 Å². The smallest absolute Gasteiger partial charge is 0.127 e. The van der Waals surface area contributed by atoms with Crippen LogP contribution in [0.3, 0.4) is 0 Å². The molecular weight excluding hydrogens is 296 g/mol. The van der Waals surface area contributed by atoms with Crippen molar-refractivity contribution in [2.45, 2.75) is 85.2 Å². The van der Waals surface area contributed by atoms with Gasteiger partial charge < -0.3 is 9.84 Å². The van der Waals surface area contributed by atoms with E-state index in [1.54, 1.807) is 0 Å². The number of ether oxygens (including phenoxy) is 1. The molecular formula is C22H34O2. The van der Waals surface area contributed by atoms with Gasteiger partial charge in [0, 0.05) is 17.4 Å². The third-order valence-electron chi connectivity index (χ3n) is 5.30. The Labute approximate surface area is 147 Å². The van der Waals surface area contributed by atoms with E-state index in [4.69, 9.17) is 4.74 Å². The number of unbranched alkanes of at least 4 members (excludes halogenated alkanes) is 2. The van der Waals surface area contributed by atoms with Crippen LogP contribution in [0.5, 0.6) is 11.5 Å². The number of aryl methyl sites for hydroxylation is 1. The Morgan fingerprint density at radius 1 is 1.21 bits per heavy atom. The second kappa shape index (κ2) is 8.60. The Balaban J connectivity index is 0.00000100. The standard InChI is InChI=1S/C20H28O2.C2H6/c1-4-5-6-7-15-11-18(21)20-17-10-13(2)8-9-16(17)14(3)22-19(20)12-15;1-2/h10-12,14,16-17,21H,4-9H2,1-3H3;1-2H3. The van der Waals surface area contributed by atoms with E-state index in [0.717, 1.165) is 30.6 Å². The van der Waals surface area contributed by atoms with Crippen LogP contribution >= 0.6 is 0 Å². The van der Waals surface area contributed by atoms with Crippen LogP contribution in [0.25, 0.3) is 0 Å². The van der Waals surface area contributed by atoms with Crippen LogP contribution in [0, 0.1) is 5.92 Å². The molecule has 1 N–H and O–H groups in total. The zero-order chi connectivity index (χ0) is 17.7. The van der Waals surface area contributed by atoms with Crippen molar-refractivity contribution in [3.63, 3.8) is 0 Å². The van der Waals surface area contributed by atoms with Gasteiger partial charge in [0.2, 0.25) is 0 Å². The third kappa shape index (κ3) is 3.96. The van der Waals surface area contributed by atoms with Gasteiger partial charge in [0.05, 0.1) is 6.10 Å². The molecule has 1 heterocycles. The summed E-state index contributed by atoms with van der Waals surface area (Å²) in [5.41, 5.74) is 3.65. The molecule has 3 unspecified atom stereocenters. The van der Waals surface area contributed by atoms with Crippen molar-refractivity contribution in [3.05, 3.63) is 34.9 Å². The molecule has 2 aliphatic rings. The minimum atomic E-state index is 0.229. The zero-order valence-corrected chi connectivity index (χ0v) is 16.1. The average Bonchev–Trinajstić information content (AvgIpc) is 2.56. The molecule has 0 saturated carbocycles. The van der Waals surface area contributed by atoms with Gasteiger partial charge >= 0.3 is 0 Å². The second-order valence-electron chi connectivity index (χ2n) is 7.05. The minimum absolute atomic E-state index is 0.229. The molecule has 1 aromatic carbocycles. The summed E-state index contributed by atoms with van der Waals surface area (Å²) in [6.45, 7) is 10.6. The predicted molar refractivity (Wildman–Crippen MR) is 102 cm³/mol. The van der Waals surface area contributed by atoms with Crippen molar-refractivity contribution < 1.29 is 9.84 Å². The summed E-state index contributed by atoms with van der Waals surface area (Å²) in [7, 11) is 0. The fourth-order valence-electron chi connectivity index (χ4n) is 4.02. The Morgan fingerprint density at radius 3 is 2.67 bits per heavy atom. The Kier molecular flexibility index (Phi) is 6.77. The van der Waals surface area contributed by atoms with Crippen molar-refractivity contribution in [2.24, 2.45) is 5.92 Å². The first-order valence-corrected chi connectivity index (χ1v) is 9.80. The van der Waals surface area contributed by atoms with E-state index in [1.165, 1.54) is 30.4 Å². The highest BCUT2D eigenvalue weighted by Crippen LogP contribution is 2.50. The van der Waals surface area contributed by atoms with Crippen LogP contribution in [0.15, 0.2) is 23.8 Å². The van der Waals surface area contributed by atoms with E-state index in [1.807, 2.05) is 19.9 Å². The van der Waals surface area contributed by atoms with Gasteiger partial charge in [0.1, 0.15) is 11.5 Å². The number of hydrogen-bond donors (Lipinski definition) is 1. The number of aromatic hydroxyl groups is 1. The number of rotatable bonds is 4. The van der Waals surface area contributed by atoms with E-state index in [2.05, 4.69) is 32.9 Å². The molecule has 1 aromatic rings. The number of allylic oxidation sites excluding steroid dienone is 2. The molecule has 1 aliphatic heterocycles. The molecule has 0 amide bonds. The molecule has 1 aliphatic carbocycles. The van der Waals surface area contributed by atoms with Crippen molar-refractivity contribution in [2.75, 3.05) is 0 Å². The number of hydrogen-bond acceptors (Lipinski definition) is 2. The number of benzene rings is 1. The highest BCUT2D eigenvalue weighted by molar-refractivity contribution is 5.53. The molecule has 134 valence electrons. The normalized spacial score (nSPS) is 24.7. The predicted octanol–water partition coefficient (Wildman–Crippen LogP) is 6.37. The summed E-state index contributed by atoms with van der Waals surface area (Å²) in [6, 6.07) is 4.12. The number of phenolic OH excluding ortho intramolecular Hbond substituents is 1. The molecule has 2 nitrogen and oxygen atoms in total. The molecule has 3 rings (SSSR count). The van der Waals surface area contributed by atoms with Gasteiger partial charge in [-0.2, -0.15) is 0 Å². The van der Waals surface area contributed by atoms with Gasteiger partial charge in [-0.05, 0) is 57.2 Å². The average molecular weight is 331 g/mol. The van der Waals surface area contributed by atoms with Gasteiger partial charge in [0.15, 0.2) is 0 Å². The fraction of sp³-hybridized carbons (Fsp3) is 0.636. The lowest BCUT2D eigenvalue weighted by Crippen LogP contribution is -2.35. The zero-order valence-electron chi connectivity index (χ0n) is 16.1. The lowest BCUT2D eigenvalue weighted by Gasteiger charge is -2.40. The SMILES string of the molecule is CC.CCCCCc1cc(O)c2c(c1)OC(C)C1CCC(C)=CC21. The quantitative estimate of drug-likeness (QED) is 0.513. The summed E-state index contributed by atoms with van der Waals surface area (Å²) >= 11 is 0. The maximum Gasteiger partial charge on any atom is 0.127 e. The first-order chi connectivity index (χ1) is 11.6. The van der Waals surface area contributed by atoms with Crippen LogP contribution < -0.4 is 4.74 Å². The Bertz CT molecular complexity index is 574. The van der Waals surface area contributed by atoms with Gasteiger partial charge in [-0.25, -0.2) is 0 Å². The Morgan fingerprint density at radius 2 is 1.96 bits per heavy atom. The molecule has 3 atom stereocenters. The fourth-order valence-corrected chi connectivity index (χ4v) is 4.02. The van der Waals surface area contributed by atoms with Crippen molar-refractivity contribution in [3.8, 4) is 11.5 Å². The molecule has 0 fully saturated rings. The second-order valence-corrected chi connectivity index (χ2v) is 7.05. The van der Waals surface area contributed by atoms with Gasteiger partial charge in [-0.3, -0.25) is 0 Å². The van der Waals surface area contributed by atoms with E-state index in [0.29, 0.717) is 17.6 Å². The first-order valence-electron chi connectivity index (χ1n) is 9.80. The lowest BCUT2D eigenvalue weighted by molar-refractivity contribution is 0.107. The van der Waals surface area contributed by atoms with Crippen LogP contribution in [0.4, 0.5) is 0 Å². The van der Waals surface area contributed by atoms with E-state index in [9.17, 15) is 5.11 Å². The molecule has 0 aromatic heterocycles. The summed E-state index contributed by atoms with van der Waals surface area (Å²) in [5.74, 6) is 2.15. The topological polar surface area (TPSA) is 29.5 Å². The molecule has 2 heteroatoms. The minimum Gasteiger partial charge on any atom is -0.507 e. The monoisotopic (exact) mass is 330 g/mol. The number of fused-ring (bicyclic) bond motifs is 3. The lowest BCUT2D eigenvalue weighted by atomic mass is 9.72. The molecule has 24 heavy (non-hydrogen) atoms. The van der Waals surface area contributed by atoms with E-state index >= 15 is 0 Å². The molecule has 0 spiro atoms. The van der Waals surface area contributed by atoms with Crippen molar-refractivity contribution in [1.29, 1.82) is 0 Å². The first kappa shape index (κ1) is 18.9. The summed E-state index contributed by atoms with van der Waals surface area (Å²) < 4.78 is 6.18. The molecule has 0 radical (unpaired) electrons. The van der Waals surface area contributed by atoms with Crippen LogP contribution in [-0.2, 0) is 6.42 Å². The van der Waals surface area contributed by atoms with E-state index < -0.39 is 0 Å². The summed E-state index contributed by atoms with van der Waals surface area (Å²) in [4.78, 5) is 0. The third-order valence-corrected chi connectivity index (χ3v) is 5.30. The van der Waals surface area contributed by atoms with Gasteiger partial charge in [-0.15, -0.1) is 0 Å². The van der Waals surface area contributed by atoms with Gasteiger partial charge in [0.25, 0.3) is 0 Å². The largest absolute Gasteiger partial charge is 0.507 e. The van der Waals surface area contributed by atoms with Crippen molar-refractivity contribution >= 4 is 0 Å². The van der Waals surface area contributed by atoms with Gasteiger partial charge in [-0.1, -0.05) is 45.3 Å². The highest BCUT2D eigenvalue weighted by Gasteiger charge is 2.38. The van der Waals surface area contributed by atoms with Crippen LogP contribution in [0.1, 0.15) is 83.8 Å². The van der Waals surface area contributed by atoms with E-state index in [-0.39, 0.29) is 6.10 Å². The van der Waals surface area contributed by atoms with Crippen LogP contribution in [0.2, 0.25) is 0 Å². The molecule has 0 bridgehead atoms. The van der Waals surface area contributed by atoms with Crippen molar-refractivity contribution in [1.82, 2.24) is 0 Å². The molecule has 0 saturated heterocycles. The maximum absolute atomic E-state index is 10.6. The Hall–Kier alpha value is -1.44. The summed E-state index contributed by atoms with van der Waals surface area (Å²) in [5, 5.41) is 10.6. The number of phenols is 1.